The highest BCUT2D eigenvalue weighted by Crippen LogP contribution is 2.33. The summed E-state index contributed by atoms with van der Waals surface area (Å²) >= 11 is 4.70. The minimum Gasteiger partial charge on any atom is -0.504 e. The second-order valence-corrected chi connectivity index (χ2v) is 5.50. The third kappa shape index (κ3) is 3.61. The summed E-state index contributed by atoms with van der Waals surface area (Å²) in [6.45, 7) is 2.32. The van der Waals surface area contributed by atoms with Crippen LogP contribution in [0.2, 0.25) is 0 Å². The van der Waals surface area contributed by atoms with Crippen molar-refractivity contribution in [2.45, 2.75) is 6.92 Å². The van der Waals surface area contributed by atoms with E-state index in [-0.39, 0.29) is 5.75 Å². The van der Waals surface area contributed by atoms with Crippen LogP contribution >= 0.6 is 27.3 Å². The number of halogens is 1. The van der Waals surface area contributed by atoms with Crippen LogP contribution in [0.3, 0.4) is 0 Å². The van der Waals surface area contributed by atoms with Crippen LogP contribution in [0.5, 0.6) is 11.5 Å². The van der Waals surface area contributed by atoms with E-state index in [0.29, 0.717) is 28.9 Å². The fourth-order valence-electron chi connectivity index (χ4n) is 1.45. The minimum atomic E-state index is 0.0410. The zero-order valence-electron chi connectivity index (χ0n) is 10.6. The number of nitrogen functional groups attached to an aromatic ring is 1. The van der Waals surface area contributed by atoms with Gasteiger partial charge >= 0.3 is 0 Å². The Kier molecular flexibility index (Phi) is 4.80. The van der Waals surface area contributed by atoms with Crippen molar-refractivity contribution in [2.24, 2.45) is 5.10 Å². The number of thiazole rings is 1. The van der Waals surface area contributed by atoms with Gasteiger partial charge in [0.25, 0.3) is 0 Å². The molecule has 0 fully saturated rings. The van der Waals surface area contributed by atoms with Gasteiger partial charge in [0.1, 0.15) is 5.82 Å². The molecule has 0 aliphatic rings. The number of aromatic nitrogens is 1. The summed E-state index contributed by atoms with van der Waals surface area (Å²) < 4.78 is 6.13. The van der Waals surface area contributed by atoms with Crippen molar-refractivity contribution in [3.8, 4) is 11.5 Å². The van der Waals surface area contributed by atoms with Crippen LogP contribution in [0.4, 0.5) is 10.9 Å². The molecular weight excluding hydrogens is 344 g/mol. The van der Waals surface area contributed by atoms with Crippen molar-refractivity contribution in [2.75, 3.05) is 17.8 Å². The molecule has 0 bridgehead atoms. The lowest BCUT2D eigenvalue weighted by Crippen LogP contribution is -1.96. The number of hydrazone groups is 1. The number of nitrogens with zero attached hydrogens (tertiary/aromatic N) is 2. The molecule has 0 spiro atoms. The Labute approximate surface area is 128 Å². The molecule has 1 aromatic heterocycles. The molecule has 20 heavy (non-hydrogen) atoms. The number of nitrogens with two attached hydrogens (primary N) is 1. The van der Waals surface area contributed by atoms with Gasteiger partial charge in [-0.2, -0.15) is 5.10 Å². The Bertz CT molecular complexity index is 630. The van der Waals surface area contributed by atoms with Crippen LogP contribution in [-0.4, -0.2) is 22.9 Å². The maximum absolute atomic E-state index is 10.0. The Morgan fingerprint density at radius 2 is 2.40 bits per heavy atom. The fourth-order valence-corrected chi connectivity index (χ4v) is 2.46. The first-order chi connectivity index (χ1) is 9.60. The van der Waals surface area contributed by atoms with Crippen LogP contribution in [0.25, 0.3) is 0 Å². The molecule has 106 valence electrons. The van der Waals surface area contributed by atoms with Gasteiger partial charge in [-0.25, -0.2) is 4.98 Å². The maximum atomic E-state index is 10.0. The molecule has 0 aliphatic heterocycles. The molecule has 0 aliphatic carbocycles. The summed E-state index contributed by atoms with van der Waals surface area (Å²) in [5, 5.41) is 16.3. The number of phenols is 1. The molecule has 4 N–H and O–H groups in total. The second kappa shape index (κ2) is 6.58. The Hall–Kier alpha value is -1.80. The average molecular weight is 357 g/mol. The van der Waals surface area contributed by atoms with E-state index in [0.717, 1.165) is 4.47 Å². The Morgan fingerprint density at radius 3 is 3.05 bits per heavy atom. The summed E-state index contributed by atoms with van der Waals surface area (Å²) in [7, 11) is 0. The van der Waals surface area contributed by atoms with E-state index in [9.17, 15) is 5.11 Å². The van der Waals surface area contributed by atoms with E-state index >= 15 is 0 Å². The highest BCUT2D eigenvalue weighted by Gasteiger charge is 2.08. The predicted molar refractivity (Wildman–Crippen MR) is 84.7 cm³/mol. The normalized spacial score (nSPS) is 10.9. The second-order valence-electron chi connectivity index (χ2n) is 3.72. The van der Waals surface area contributed by atoms with Crippen molar-refractivity contribution in [3.05, 3.63) is 27.5 Å². The molecule has 0 saturated heterocycles. The van der Waals surface area contributed by atoms with E-state index in [1.54, 1.807) is 17.5 Å². The first kappa shape index (κ1) is 14.6. The molecular formula is C12H13BrN4O2S. The lowest BCUT2D eigenvalue weighted by molar-refractivity contribution is 0.317. The van der Waals surface area contributed by atoms with Gasteiger partial charge in [0, 0.05) is 15.4 Å². The number of aromatic hydroxyl groups is 1. The largest absolute Gasteiger partial charge is 0.504 e. The van der Waals surface area contributed by atoms with Crippen LogP contribution in [0, 0.1) is 0 Å². The minimum absolute atomic E-state index is 0.0410. The molecule has 2 rings (SSSR count). The third-order valence-electron chi connectivity index (χ3n) is 2.25. The standard InChI is InChI=1S/C12H13BrN4O2S/c1-2-19-9-4-8(13)3-7(11(9)18)5-15-17-12-16-10(14)6-20-12/h3-6,18H,2,14H2,1H3,(H,16,17). The van der Waals surface area contributed by atoms with Crippen LogP contribution in [0.15, 0.2) is 27.1 Å². The van der Waals surface area contributed by atoms with E-state index in [1.165, 1.54) is 17.6 Å². The van der Waals surface area contributed by atoms with Crippen molar-refractivity contribution in [3.63, 3.8) is 0 Å². The van der Waals surface area contributed by atoms with Crippen LogP contribution in [-0.2, 0) is 0 Å². The first-order valence-electron chi connectivity index (χ1n) is 5.75. The van der Waals surface area contributed by atoms with Gasteiger partial charge in [0.2, 0.25) is 5.13 Å². The molecule has 8 heteroatoms. The van der Waals surface area contributed by atoms with Gasteiger partial charge in [-0.1, -0.05) is 15.9 Å². The average Bonchev–Trinajstić information content (AvgIpc) is 2.81. The smallest absolute Gasteiger partial charge is 0.205 e. The van der Waals surface area contributed by atoms with Crippen molar-refractivity contribution < 1.29 is 9.84 Å². The van der Waals surface area contributed by atoms with Gasteiger partial charge in [0.05, 0.1) is 12.8 Å². The van der Waals surface area contributed by atoms with E-state index < -0.39 is 0 Å². The number of nitrogens with one attached hydrogen (secondary N) is 1. The van der Waals surface area contributed by atoms with Crippen molar-refractivity contribution in [1.29, 1.82) is 0 Å². The Balaban J connectivity index is 2.15. The molecule has 6 nitrogen and oxygen atoms in total. The summed E-state index contributed by atoms with van der Waals surface area (Å²) in [6.07, 6.45) is 1.49. The van der Waals surface area contributed by atoms with E-state index in [1.807, 2.05) is 6.92 Å². The fraction of sp³-hybridized carbons (Fsp3) is 0.167. The summed E-state index contributed by atoms with van der Waals surface area (Å²) in [4.78, 5) is 4.00. The molecule has 0 unspecified atom stereocenters. The maximum Gasteiger partial charge on any atom is 0.205 e. The highest BCUT2D eigenvalue weighted by atomic mass is 79.9. The highest BCUT2D eigenvalue weighted by molar-refractivity contribution is 9.10. The number of anilines is 2. The van der Waals surface area contributed by atoms with Gasteiger partial charge in [-0.05, 0) is 19.1 Å². The van der Waals surface area contributed by atoms with Crippen molar-refractivity contribution >= 4 is 44.4 Å². The number of hydrogen-bond donors (Lipinski definition) is 3. The zero-order valence-corrected chi connectivity index (χ0v) is 13.0. The Morgan fingerprint density at radius 1 is 1.60 bits per heavy atom. The summed E-state index contributed by atoms with van der Waals surface area (Å²) in [5.74, 6) is 0.887. The van der Waals surface area contributed by atoms with Gasteiger partial charge in [0.15, 0.2) is 11.5 Å². The molecule has 0 amide bonds. The number of ether oxygens (including phenoxy) is 1. The van der Waals surface area contributed by atoms with Crippen LogP contribution in [0.1, 0.15) is 12.5 Å². The lowest BCUT2D eigenvalue weighted by atomic mass is 10.2. The molecule has 1 heterocycles. The van der Waals surface area contributed by atoms with Gasteiger partial charge < -0.3 is 15.6 Å². The monoisotopic (exact) mass is 356 g/mol. The number of benzene rings is 1. The first-order valence-corrected chi connectivity index (χ1v) is 7.42. The molecule has 0 atom stereocenters. The van der Waals surface area contributed by atoms with Crippen molar-refractivity contribution in [1.82, 2.24) is 4.98 Å². The number of hydrogen-bond acceptors (Lipinski definition) is 7. The van der Waals surface area contributed by atoms with Gasteiger partial charge in [-0.3, -0.25) is 5.43 Å². The van der Waals surface area contributed by atoms with E-state index in [2.05, 4.69) is 31.4 Å². The summed E-state index contributed by atoms with van der Waals surface area (Å²) in [5.41, 5.74) is 8.77. The predicted octanol–water partition coefficient (Wildman–Crippen LogP) is 3.04. The zero-order chi connectivity index (χ0) is 14.5. The molecule has 0 radical (unpaired) electrons. The molecule has 0 saturated carbocycles. The van der Waals surface area contributed by atoms with E-state index in [4.69, 9.17) is 10.5 Å². The van der Waals surface area contributed by atoms with Crippen LogP contribution < -0.4 is 15.9 Å². The lowest BCUT2D eigenvalue weighted by Gasteiger charge is -2.08. The quantitative estimate of drug-likeness (QED) is 0.565. The summed E-state index contributed by atoms with van der Waals surface area (Å²) in [6, 6.07) is 3.43. The number of rotatable bonds is 5. The topological polar surface area (TPSA) is 92.8 Å². The SMILES string of the molecule is CCOc1cc(Br)cc(C=NNc2nc(N)cs2)c1O. The van der Waals surface area contributed by atoms with Gasteiger partial charge in [-0.15, -0.1) is 11.3 Å². The molecule has 2 aromatic rings. The number of phenolic OH excluding ortho intramolecular Hbond substituents is 1. The molecule has 1 aromatic carbocycles. The third-order valence-corrected chi connectivity index (χ3v) is 3.48.